The number of para-hydroxylation sites is 2. The van der Waals surface area contributed by atoms with Crippen LogP contribution in [0.2, 0.25) is 0 Å². The molecule has 172 valence electrons. The van der Waals surface area contributed by atoms with Gasteiger partial charge < -0.3 is 15.0 Å². The van der Waals surface area contributed by atoms with Crippen LogP contribution in [0.25, 0.3) is 16.6 Å². The fraction of sp³-hybridized carbons (Fsp3) is 0.320. The number of ether oxygens (including phenoxy) is 1. The summed E-state index contributed by atoms with van der Waals surface area (Å²) in [6.45, 7) is 4.69. The first-order valence-electron chi connectivity index (χ1n) is 11.0. The van der Waals surface area contributed by atoms with Crippen molar-refractivity contribution < 1.29 is 9.13 Å². The highest BCUT2D eigenvalue weighted by Crippen LogP contribution is 2.34. The highest BCUT2D eigenvalue weighted by Gasteiger charge is 2.21. The van der Waals surface area contributed by atoms with Crippen molar-refractivity contribution in [2.24, 2.45) is 0 Å². The highest BCUT2D eigenvalue weighted by atomic mass is 19.1. The smallest absolute Gasteiger partial charge is 0.179 e. The lowest BCUT2D eigenvalue weighted by atomic mass is 10.1. The number of anilines is 1. The van der Waals surface area contributed by atoms with Crippen LogP contribution in [0.5, 0.6) is 5.75 Å². The summed E-state index contributed by atoms with van der Waals surface area (Å²) in [4.78, 5) is 1.91. The number of rotatable bonds is 8. The fourth-order valence-electron chi connectivity index (χ4n) is 4.01. The van der Waals surface area contributed by atoms with Gasteiger partial charge >= 0.3 is 0 Å². The van der Waals surface area contributed by atoms with Crippen LogP contribution in [-0.4, -0.2) is 47.7 Å². The van der Waals surface area contributed by atoms with E-state index >= 15 is 0 Å². The first-order chi connectivity index (χ1) is 15.9. The zero-order chi connectivity index (χ0) is 23.5. The minimum atomic E-state index is -0.318. The normalized spacial score (nSPS) is 12.2. The van der Waals surface area contributed by atoms with E-state index in [-0.39, 0.29) is 11.9 Å². The summed E-state index contributed by atoms with van der Waals surface area (Å²) in [5, 5.41) is 17.7. The first kappa shape index (κ1) is 22.7. The maximum absolute atomic E-state index is 13.9. The number of benzene rings is 2. The van der Waals surface area contributed by atoms with Gasteiger partial charge in [0, 0.05) is 20.5 Å². The number of aryl methyl sites for hydroxylation is 2. The van der Waals surface area contributed by atoms with Gasteiger partial charge in [-0.2, -0.15) is 10.2 Å². The summed E-state index contributed by atoms with van der Waals surface area (Å²) in [7, 11) is 5.74. The van der Waals surface area contributed by atoms with Gasteiger partial charge in [0.2, 0.25) is 0 Å². The van der Waals surface area contributed by atoms with Gasteiger partial charge in [-0.1, -0.05) is 24.3 Å². The second-order valence-electron chi connectivity index (χ2n) is 8.25. The van der Waals surface area contributed by atoms with E-state index in [1.54, 1.807) is 6.07 Å². The van der Waals surface area contributed by atoms with Gasteiger partial charge in [0.1, 0.15) is 28.9 Å². The molecule has 4 rings (SSSR count). The van der Waals surface area contributed by atoms with E-state index in [0.717, 1.165) is 40.1 Å². The third kappa shape index (κ3) is 4.52. The number of aromatic nitrogens is 4. The molecule has 0 saturated carbocycles. The van der Waals surface area contributed by atoms with Crippen LogP contribution >= 0.6 is 0 Å². The van der Waals surface area contributed by atoms with E-state index in [1.165, 1.54) is 12.1 Å². The van der Waals surface area contributed by atoms with Crippen molar-refractivity contribution in [3.63, 3.8) is 0 Å². The largest absolute Gasteiger partial charge is 0.483 e. The molecule has 0 amide bonds. The molecule has 0 aliphatic rings. The zero-order valence-corrected chi connectivity index (χ0v) is 19.6. The summed E-state index contributed by atoms with van der Waals surface area (Å²) in [6.07, 6.45) is 0.369. The van der Waals surface area contributed by atoms with Crippen molar-refractivity contribution in [1.29, 1.82) is 0 Å². The maximum atomic E-state index is 13.9. The Kier molecular flexibility index (Phi) is 6.55. The molecule has 2 aromatic carbocycles. The lowest BCUT2D eigenvalue weighted by Crippen LogP contribution is -2.17. The van der Waals surface area contributed by atoms with Gasteiger partial charge in [-0.25, -0.2) is 9.07 Å². The van der Waals surface area contributed by atoms with Crippen LogP contribution in [0, 0.1) is 19.7 Å². The predicted octanol–water partition coefficient (Wildman–Crippen LogP) is 4.37. The molecule has 1 atom stereocenters. The van der Waals surface area contributed by atoms with Crippen molar-refractivity contribution in [2.75, 3.05) is 32.6 Å². The van der Waals surface area contributed by atoms with Crippen LogP contribution in [0.1, 0.15) is 29.5 Å². The molecule has 0 fully saturated rings. The van der Waals surface area contributed by atoms with Crippen LogP contribution in [0.15, 0.2) is 48.5 Å². The van der Waals surface area contributed by atoms with Gasteiger partial charge in [0.05, 0.1) is 16.8 Å². The molecule has 0 bridgehead atoms. The number of hydrogen-bond donors (Lipinski definition) is 1. The summed E-state index contributed by atoms with van der Waals surface area (Å²) in [6, 6.07) is 14.3. The molecule has 4 aromatic rings. The molecule has 2 heterocycles. The number of nitrogens with zero attached hydrogens (tertiary/aromatic N) is 5. The number of halogens is 1. The SMILES string of the molecule is CNCC[C@@H](Oc1ccccc1-n1nc2c(N(C)C)nnc(C)c2c1C)c1cccc(F)c1. The Hall–Kier alpha value is -3.52. The topological polar surface area (TPSA) is 68.1 Å². The highest BCUT2D eigenvalue weighted by molar-refractivity contribution is 5.92. The average Bonchev–Trinajstić information content (AvgIpc) is 3.14. The Morgan fingerprint density at radius 1 is 1.09 bits per heavy atom. The minimum absolute atomic E-state index is 0.278. The monoisotopic (exact) mass is 448 g/mol. The molecule has 1 N–H and O–H groups in total. The number of fused-ring (bicyclic) bond motifs is 1. The van der Waals surface area contributed by atoms with Crippen molar-refractivity contribution in [3.8, 4) is 11.4 Å². The van der Waals surface area contributed by atoms with Crippen LogP contribution in [0.3, 0.4) is 0 Å². The second kappa shape index (κ2) is 9.54. The quantitative estimate of drug-likeness (QED) is 0.432. The number of nitrogens with one attached hydrogen (secondary N) is 1. The zero-order valence-electron chi connectivity index (χ0n) is 19.6. The van der Waals surface area contributed by atoms with Gasteiger partial charge in [-0.05, 0) is 57.3 Å². The van der Waals surface area contributed by atoms with E-state index in [9.17, 15) is 4.39 Å². The Morgan fingerprint density at radius 3 is 2.61 bits per heavy atom. The Labute approximate surface area is 193 Å². The first-order valence-corrected chi connectivity index (χ1v) is 11.0. The van der Waals surface area contributed by atoms with Gasteiger partial charge in [-0.3, -0.25) is 0 Å². The summed E-state index contributed by atoms with van der Waals surface area (Å²) < 4.78 is 22.3. The molecular weight excluding hydrogens is 419 g/mol. The van der Waals surface area contributed by atoms with E-state index in [1.807, 2.05) is 74.9 Å². The van der Waals surface area contributed by atoms with E-state index < -0.39 is 0 Å². The Balaban J connectivity index is 1.80. The van der Waals surface area contributed by atoms with Crippen molar-refractivity contribution in [3.05, 3.63) is 71.3 Å². The molecule has 2 aromatic heterocycles. The van der Waals surface area contributed by atoms with E-state index in [4.69, 9.17) is 9.84 Å². The van der Waals surface area contributed by atoms with Gasteiger partial charge in [0.25, 0.3) is 0 Å². The Bertz CT molecular complexity index is 1270. The molecule has 33 heavy (non-hydrogen) atoms. The standard InChI is InChI=1S/C25H29FN6O/c1-16-23-17(2)32(30-24(23)25(29-28-16)31(4)5)20-11-6-7-12-22(20)33-21(13-14-27-3)18-9-8-10-19(26)15-18/h6-12,15,21,27H,13-14H2,1-5H3/t21-/m1/s1. The van der Waals surface area contributed by atoms with Crippen LogP contribution in [-0.2, 0) is 0 Å². The van der Waals surface area contributed by atoms with E-state index in [0.29, 0.717) is 18.0 Å². The molecule has 0 unspecified atom stereocenters. The predicted molar refractivity (Wildman–Crippen MR) is 129 cm³/mol. The summed E-state index contributed by atoms with van der Waals surface area (Å²) >= 11 is 0. The average molecular weight is 449 g/mol. The lowest BCUT2D eigenvalue weighted by molar-refractivity contribution is 0.194. The molecular formula is C25H29FN6O. The molecule has 0 spiro atoms. The van der Waals surface area contributed by atoms with Gasteiger partial charge in [0.15, 0.2) is 5.82 Å². The third-order valence-electron chi connectivity index (χ3n) is 5.65. The summed E-state index contributed by atoms with van der Waals surface area (Å²) in [5.74, 6) is 1.10. The molecule has 7 nitrogen and oxygen atoms in total. The summed E-state index contributed by atoms with van der Waals surface area (Å²) in [5.41, 5.74) is 4.16. The lowest BCUT2D eigenvalue weighted by Gasteiger charge is -2.22. The van der Waals surface area contributed by atoms with Crippen molar-refractivity contribution >= 4 is 16.7 Å². The second-order valence-corrected chi connectivity index (χ2v) is 8.25. The van der Waals surface area contributed by atoms with Gasteiger partial charge in [-0.15, -0.1) is 5.10 Å². The molecule has 0 saturated heterocycles. The fourth-order valence-corrected chi connectivity index (χ4v) is 4.01. The van der Waals surface area contributed by atoms with Crippen LogP contribution in [0.4, 0.5) is 10.2 Å². The minimum Gasteiger partial charge on any atom is -0.483 e. The Morgan fingerprint density at radius 2 is 1.88 bits per heavy atom. The van der Waals surface area contributed by atoms with Crippen molar-refractivity contribution in [2.45, 2.75) is 26.4 Å². The molecule has 0 aliphatic heterocycles. The van der Waals surface area contributed by atoms with E-state index in [2.05, 4.69) is 15.5 Å². The molecule has 0 aliphatic carbocycles. The maximum Gasteiger partial charge on any atom is 0.179 e. The molecule has 0 radical (unpaired) electrons. The molecule has 8 heteroatoms. The third-order valence-corrected chi connectivity index (χ3v) is 5.65. The number of hydrogen-bond acceptors (Lipinski definition) is 6. The van der Waals surface area contributed by atoms with Crippen molar-refractivity contribution in [1.82, 2.24) is 25.3 Å². The van der Waals surface area contributed by atoms with Crippen LogP contribution < -0.4 is 15.0 Å².